The van der Waals surface area contributed by atoms with Gasteiger partial charge in [0.1, 0.15) is 5.82 Å². The standard InChI is InChI=1S/C11H20N4/c1-4-9(2)15(3)8-10-5-6-13-11(7-10)14-12/h5-7,9H,4,8,12H2,1-3H3,(H,13,14). The summed E-state index contributed by atoms with van der Waals surface area (Å²) in [6.45, 7) is 5.34. The predicted octanol–water partition coefficient (Wildman–Crippen LogP) is 1.60. The van der Waals surface area contributed by atoms with E-state index in [1.807, 2.05) is 12.1 Å². The number of hydrogen-bond donors (Lipinski definition) is 2. The normalized spacial score (nSPS) is 12.9. The van der Waals surface area contributed by atoms with Crippen LogP contribution in [-0.4, -0.2) is 23.0 Å². The molecule has 1 aromatic rings. The van der Waals surface area contributed by atoms with Gasteiger partial charge in [-0.15, -0.1) is 0 Å². The van der Waals surface area contributed by atoms with Gasteiger partial charge in [-0.25, -0.2) is 10.8 Å². The molecule has 0 saturated heterocycles. The van der Waals surface area contributed by atoms with E-state index >= 15 is 0 Å². The number of hydrazine groups is 1. The fourth-order valence-electron chi connectivity index (χ4n) is 1.41. The molecule has 0 aromatic carbocycles. The first-order valence-electron chi connectivity index (χ1n) is 5.29. The van der Waals surface area contributed by atoms with E-state index in [1.165, 1.54) is 5.56 Å². The molecule has 0 amide bonds. The van der Waals surface area contributed by atoms with Crippen LogP contribution in [0, 0.1) is 0 Å². The molecule has 0 fully saturated rings. The molecule has 15 heavy (non-hydrogen) atoms. The van der Waals surface area contributed by atoms with E-state index in [1.54, 1.807) is 6.20 Å². The highest BCUT2D eigenvalue weighted by molar-refractivity contribution is 5.35. The molecule has 1 aromatic heterocycles. The van der Waals surface area contributed by atoms with Crippen LogP contribution in [0.15, 0.2) is 18.3 Å². The molecule has 1 atom stereocenters. The topological polar surface area (TPSA) is 54.2 Å². The van der Waals surface area contributed by atoms with Gasteiger partial charge in [0.15, 0.2) is 0 Å². The first-order valence-corrected chi connectivity index (χ1v) is 5.29. The number of anilines is 1. The molecular weight excluding hydrogens is 188 g/mol. The van der Waals surface area contributed by atoms with Gasteiger partial charge in [-0.2, -0.15) is 0 Å². The molecule has 3 N–H and O–H groups in total. The van der Waals surface area contributed by atoms with Crippen molar-refractivity contribution in [2.75, 3.05) is 12.5 Å². The van der Waals surface area contributed by atoms with Gasteiger partial charge in [-0.1, -0.05) is 6.92 Å². The summed E-state index contributed by atoms with van der Waals surface area (Å²) in [4.78, 5) is 6.39. The molecule has 0 aliphatic carbocycles. The number of hydrogen-bond acceptors (Lipinski definition) is 4. The van der Waals surface area contributed by atoms with Crippen LogP contribution in [0.2, 0.25) is 0 Å². The second kappa shape index (κ2) is 5.68. The van der Waals surface area contributed by atoms with Crippen molar-refractivity contribution < 1.29 is 0 Å². The highest BCUT2D eigenvalue weighted by atomic mass is 15.2. The lowest BCUT2D eigenvalue weighted by atomic mass is 10.2. The van der Waals surface area contributed by atoms with Gasteiger partial charge in [0.25, 0.3) is 0 Å². The van der Waals surface area contributed by atoms with Crippen LogP contribution in [-0.2, 0) is 6.54 Å². The summed E-state index contributed by atoms with van der Waals surface area (Å²) in [7, 11) is 2.13. The quantitative estimate of drug-likeness (QED) is 0.570. The lowest BCUT2D eigenvalue weighted by Gasteiger charge is -2.23. The van der Waals surface area contributed by atoms with E-state index < -0.39 is 0 Å². The van der Waals surface area contributed by atoms with Gasteiger partial charge in [-0.05, 0) is 38.1 Å². The minimum Gasteiger partial charge on any atom is -0.308 e. The summed E-state index contributed by atoms with van der Waals surface area (Å²) in [6, 6.07) is 4.57. The minimum absolute atomic E-state index is 0.590. The van der Waals surface area contributed by atoms with Crippen LogP contribution in [0.3, 0.4) is 0 Å². The molecule has 0 bridgehead atoms. The molecule has 4 heteroatoms. The Balaban J connectivity index is 2.63. The summed E-state index contributed by atoms with van der Waals surface area (Å²) in [6.07, 6.45) is 2.93. The van der Waals surface area contributed by atoms with E-state index in [9.17, 15) is 0 Å². The molecule has 0 saturated carbocycles. The third kappa shape index (κ3) is 3.49. The van der Waals surface area contributed by atoms with Gasteiger partial charge in [0, 0.05) is 18.8 Å². The monoisotopic (exact) mass is 208 g/mol. The average molecular weight is 208 g/mol. The van der Waals surface area contributed by atoms with Crippen LogP contribution in [0.5, 0.6) is 0 Å². The summed E-state index contributed by atoms with van der Waals surface area (Å²) in [5.41, 5.74) is 3.78. The van der Waals surface area contributed by atoms with E-state index in [0.717, 1.165) is 13.0 Å². The molecule has 84 valence electrons. The molecular formula is C11H20N4. The van der Waals surface area contributed by atoms with Crippen LogP contribution in [0.4, 0.5) is 5.82 Å². The van der Waals surface area contributed by atoms with Crippen molar-refractivity contribution in [3.05, 3.63) is 23.9 Å². The molecule has 1 heterocycles. The molecule has 0 radical (unpaired) electrons. The van der Waals surface area contributed by atoms with Gasteiger partial charge in [0.05, 0.1) is 0 Å². The number of nitrogens with one attached hydrogen (secondary N) is 1. The number of nitrogens with zero attached hydrogens (tertiary/aromatic N) is 2. The first-order chi connectivity index (χ1) is 7.17. The highest BCUT2D eigenvalue weighted by Crippen LogP contribution is 2.10. The highest BCUT2D eigenvalue weighted by Gasteiger charge is 2.07. The van der Waals surface area contributed by atoms with Gasteiger partial charge >= 0.3 is 0 Å². The van der Waals surface area contributed by atoms with E-state index in [4.69, 9.17) is 5.84 Å². The Hall–Kier alpha value is -1.13. The molecule has 1 unspecified atom stereocenters. The summed E-state index contributed by atoms with van der Waals surface area (Å²) >= 11 is 0. The Kier molecular flexibility index (Phi) is 4.52. The Morgan fingerprint density at radius 2 is 2.33 bits per heavy atom. The molecule has 4 nitrogen and oxygen atoms in total. The summed E-state index contributed by atoms with van der Waals surface area (Å²) in [5.74, 6) is 6.02. The molecule has 0 aliphatic rings. The number of aromatic nitrogens is 1. The Bertz CT molecular complexity index is 300. The van der Waals surface area contributed by atoms with E-state index in [-0.39, 0.29) is 0 Å². The maximum absolute atomic E-state index is 5.31. The minimum atomic E-state index is 0.590. The lowest BCUT2D eigenvalue weighted by molar-refractivity contribution is 0.244. The number of pyridine rings is 1. The molecule has 1 rings (SSSR count). The predicted molar refractivity (Wildman–Crippen MR) is 63.3 cm³/mol. The third-order valence-electron chi connectivity index (χ3n) is 2.75. The SMILES string of the molecule is CCC(C)N(C)Cc1ccnc(NN)c1. The summed E-state index contributed by atoms with van der Waals surface area (Å²) < 4.78 is 0. The van der Waals surface area contributed by atoms with Crippen molar-refractivity contribution in [3.8, 4) is 0 Å². The second-order valence-electron chi connectivity index (χ2n) is 3.87. The van der Waals surface area contributed by atoms with E-state index in [2.05, 4.69) is 36.2 Å². The van der Waals surface area contributed by atoms with Crippen LogP contribution in [0.25, 0.3) is 0 Å². The fraction of sp³-hybridized carbons (Fsp3) is 0.545. The van der Waals surface area contributed by atoms with Crippen molar-refractivity contribution in [3.63, 3.8) is 0 Å². The van der Waals surface area contributed by atoms with Crippen LogP contribution in [0.1, 0.15) is 25.8 Å². The zero-order chi connectivity index (χ0) is 11.3. The first kappa shape index (κ1) is 11.9. The zero-order valence-electron chi connectivity index (χ0n) is 9.70. The molecule has 0 spiro atoms. The number of rotatable bonds is 5. The average Bonchev–Trinajstić information content (AvgIpc) is 2.28. The maximum Gasteiger partial charge on any atom is 0.140 e. The maximum atomic E-state index is 5.31. The van der Waals surface area contributed by atoms with Crippen molar-refractivity contribution in [2.45, 2.75) is 32.9 Å². The Labute approximate surface area is 91.5 Å². The number of nitrogen functional groups attached to an aromatic ring is 1. The third-order valence-corrected chi connectivity index (χ3v) is 2.75. The van der Waals surface area contributed by atoms with Crippen LogP contribution >= 0.6 is 0 Å². The second-order valence-corrected chi connectivity index (χ2v) is 3.87. The summed E-state index contributed by atoms with van der Waals surface area (Å²) in [5, 5.41) is 0. The van der Waals surface area contributed by atoms with Gasteiger partial charge in [0.2, 0.25) is 0 Å². The van der Waals surface area contributed by atoms with Crippen LogP contribution < -0.4 is 11.3 Å². The Morgan fingerprint density at radius 3 is 2.93 bits per heavy atom. The van der Waals surface area contributed by atoms with Crippen molar-refractivity contribution >= 4 is 5.82 Å². The number of nitrogens with two attached hydrogens (primary N) is 1. The van der Waals surface area contributed by atoms with Crippen molar-refractivity contribution in [1.29, 1.82) is 0 Å². The van der Waals surface area contributed by atoms with Crippen molar-refractivity contribution in [1.82, 2.24) is 9.88 Å². The molecule has 0 aliphatic heterocycles. The Morgan fingerprint density at radius 1 is 1.60 bits per heavy atom. The smallest absolute Gasteiger partial charge is 0.140 e. The fourth-order valence-corrected chi connectivity index (χ4v) is 1.41. The zero-order valence-corrected chi connectivity index (χ0v) is 9.70. The lowest BCUT2D eigenvalue weighted by Crippen LogP contribution is -2.27. The van der Waals surface area contributed by atoms with Crippen molar-refractivity contribution in [2.24, 2.45) is 5.84 Å². The van der Waals surface area contributed by atoms with Gasteiger partial charge in [-0.3, -0.25) is 4.90 Å². The van der Waals surface area contributed by atoms with Gasteiger partial charge < -0.3 is 5.43 Å². The van der Waals surface area contributed by atoms with E-state index in [0.29, 0.717) is 11.9 Å². The largest absolute Gasteiger partial charge is 0.308 e.